The minimum atomic E-state index is -0.413. The van der Waals surface area contributed by atoms with Crippen molar-refractivity contribution in [2.24, 2.45) is 5.92 Å². The van der Waals surface area contributed by atoms with Crippen molar-refractivity contribution in [1.29, 1.82) is 0 Å². The van der Waals surface area contributed by atoms with Crippen LogP contribution in [0.4, 0.5) is 10.5 Å². The van der Waals surface area contributed by atoms with E-state index in [0.717, 1.165) is 17.5 Å². The van der Waals surface area contributed by atoms with E-state index in [1.54, 1.807) is 17.0 Å². The summed E-state index contributed by atoms with van der Waals surface area (Å²) < 4.78 is 5.67. The number of halogens is 5. The van der Waals surface area contributed by atoms with Crippen LogP contribution < -0.4 is 5.32 Å². The van der Waals surface area contributed by atoms with Gasteiger partial charge in [0, 0.05) is 18.0 Å². The van der Waals surface area contributed by atoms with Crippen molar-refractivity contribution in [1.82, 2.24) is 4.90 Å². The zero-order chi connectivity index (χ0) is 24.0. The van der Waals surface area contributed by atoms with Crippen molar-refractivity contribution >= 4 is 69.8 Å². The lowest BCUT2D eigenvalue weighted by Crippen LogP contribution is -2.38. The first-order valence-electron chi connectivity index (χ1n) is 10.7. The van der Waals surface area contributed by atoms with Crippen molar-refractivity contribution in [2.75, 3.05) is 11.9 Å². The molecule has 2 heterocycles. The third-order valence-electron chi connectivity index (χ3n) is 6.42. The molecule has 5 rings (SSSR count). The summed E-state index contributed by atoms with van der Waals surface area (Å²) in [6.07, 6.45) is 0.312. The van der Waals surface area contributed by atoms with E-state index in [-0.39, 0.29) is 24.6 Å². The highest BCUT2D eigenvalue weighted by Crippen LogP contribution is 2.56. The highest BCUT2D eigenvalue weighted by Gasteiger charge is 2.48. The Hall–Kier alpha value is -1.82. The molecule has 0 bridgehead atoms. The normalized spacial score (nSPS) is 21.0. The van der Waals surface area contributed by atoms with E-state index < -0.39 is 6.09 Å². The van der Waals surface area contributed by atoms with Crippen LogP contribution in [0.15, 0.2) is 54.6 Å². The number of carbonyl (C=O) groups excluding carboxylic acids is 1. The van der Waals surface area contributed by atoms with E-state index in [1.165, 1.54) is 0 Å². The molecule has 0 aromatic heterocycles. The van der Waals surface area contributed by atoms with Gasteiger partial charge in [0.25, 0.3) is 0 Å². The van der Waals surface area contributed by atoms with Gasteiger partial charge in [0.05, 0.1) is 42.9 Å². The number of nitrogens with one attached hydrogen (secondary N) is 1. The molecule has 0 radical (unpaired) electrons. The Kier molecular flexibility index (Phi) is 6.80. The quantitative estimate of drug-likeness (QED) is 0.328. The first kappa shape index (κ1) is 23.9. The lowest BCUT2D eigenvalue weighted by molar-refractivity contribution is 0.0865. The summed E-state index contributed by atoms with van der Waals surface area (Å²) in [4.78, 5) is 15.0. The van der Waals surface area contributed by atoms with Crippen molar-refractivity contribution in [2.45, 2.75) is 25.1 Å². The SMILES string of the molecule is O=C(OCc1ccccc1)N1CC[C@@H]2[C@H]1c1c(Cl)c(Cl)cc(Cl)c1N[C@H]2c1ccc(Cl)c(Cl)c1. The van der Waals surface area contributed by atoms with Gasteiger partial charge in [0.15, 0.2) is 0 Å². The molecule has 2 aliphatic heterocycles. The first-order valence-corrected chi connectivity index (χ1v) is 12.6. The molecule has 9 heteroatoms. The standard InChI is InChI=1S/C25H19Cl5N2O2/c26-16-7-6-14(10-17(16)27)22-15-8-9-32(25(33)34-12-13-4-2-1-3-5-13)24(15)20-21(30)18(28)11-19(29)23(20)31-22/h1-7,10-11,15,22,24,31H,8-9,12H2/t15-,22-,24-/m0/s1. The molecule has 0 aliphatic carbocycles. The van der Waals surface area contributed by atoms with Crippen LogP contribution >= 0.6 is 58.0 Å². The summed E-state index contributed by atoms with van der Waals surface area (Å²) in [5.74, 6) is -0.0129. The van der Waals surface area contributed by atoms with Gasteiger partial charge in [0.1, 0.15) is 6.61 Å². The number of ether oxygens (including phenoxy) is 1. The maximum atomic E-state index is 13.2. The van der Waals surface area contributed by atoms with Crippen molar-refractivity contribution in [3.05, 3.63) is 96.4 Å². The third-order valence-corrected chi connectivity index (χ3v) is 8.26. The highest BCUT2D eigenvalue weighted by molar-refractivity contribution is 6.45. The van der Waals surface area contributed by atoms with Crippen molar-refractivity contribution < 1.29 is 9.53 Å². The molecule has 4 nitrogen and oxygen atoms in total. The molecule has 3 aromatic carbocycles. The Morgan fingerprint density at radius 3 is 2.44 bits per heavy atom. The van der Waals surface area contributed by atoms with E-state index >= 15 is 0 Å². The van der Waals surface area contributed by atoms with Crippen molar-refractivity contribution in [3.63, 3.8) is 0 Å². The molecule has 1 N–H and O–H groups in total. The molecule has 1 fully saturated rings. The summed E-state index contributed by atoms with van der Waals surface area (Å²) in [6, 6.07) is 16.2. The Morgan fingerprint density at radius 2 is 1.71 bits per heavy atom. The largest absolute Gasteiger partial charge is 0.445 e. The highest BCUT2D eigenvalue weighted by atomic mass is 35.5. The molecule has 34 heavy (non-hydrogen) atoms. The van der Waals surface area contributed by atoms with E-state index in [9.17, 15) is 4.79 Å². The van der Waals surface area contributed by atoms with Crippen LogP contribution in [0.25, 0.3) is 0 Å². The maximum absolute atomic E-state index is 13.2. The first-order chi connectivity index (χ1) is 16.3. The summed E-state index contributed by atoms with van der Waals surface area (Å²) in [6.45, 7) is 0.682. The summed E-state index contributed by atoms with van der Waals surface area (Å²) in [7, 11) is 0. The maximum Gasteiger partial charge on any atom is 0.410 e. The summed E-state index contributed by atoms with van der Waals surface area (Å²) >= 11 is 32.1. The molecular formula is C25H19Cl5N2O2. The summed E-state index contributed by atoms with van der Waals surface area (Å²) in [5.41, 5.74) is 3.21. The Labute approximate surface area is 222 Å². The number of hydrogen-bond donors (Lipinski definition) is 1. The molecule has 0 saturated carbocycles. The average molecular weight is 557 g/mol. The van der Waals surface area contributed by atoms with E-state index in [2.05, 4.69) is 5.32 Å². The van der Waals surface area contributed by atoms with Crippen molar-refractivity contribution in [3.8, 4) is 0 Å². The number of nitrogens with zero attached hydrogens (tertiary/aromatic N) is 1. The van der Waals surface area contributed by atoms with Gasteiger partial charge in [-0.3, -0.25) is 0 Å². The fraction of sp³-hybridized carbons (Fsp3) is 0.240. The van der Waals surface area contributed by atoms with Gasteiger partial charge in [-0.15, -0.1) is 0 Å². The number of hydrogen-bond acceptors (Lipinski definition) is 3. The number of fused-ring (bicyclic) bond motifs is 3. The molecule has 1 saturated heterocycles. The van der Waals surface area contributed by atoms with E-state index in [1.807, 2.05) is 42.5 Å². The molecule has 0 spiro atoms. The molecule has 0 unspecified atom stereocenters. The molecule has 3 aromatic rings. The fourth-order valence-corrected chi connectivity index (χ4v) is 5.98. The minimum Gasteiger partial charge on any atom is -0.445 e. The lowest BCUT2D eigenvalue weighted by atomic mass is 9.80. The van der Waals surface area contributed by atoms with E-state index in [4.69, 9.17) is 62.7 Å². The zero-order valence-electron chi connectivity index (χ0n) is 17.7. The minimum absolute atomic E-state index is 0.0129. The van der Waals surface area contributed by atoms with Crippen LogP contribution in [-0.2, 0) is 11.3 Å². The number of likely N-dealkylation sites (tertiary alicyclic amines) is 1. The van der Waals surface area contributed by atoms with Crippen LogP contribution in [-0.4, -0.2) is 17.5 Å². The van der Waals surface area contributed by atoms with Crippen LogP contribution in [0.2, 0.25) is 25.1 Å². The number of carbonyl (C=O) groups is 1. The lowest BCUT2D eigenvalue weighted by Gasteiger charge is -2.40. The Balaban J connectivity index is 1.53. The topological polar surface area (TPSA) is 41.6 Å². The van der Waals surface area contributed by atoms with Gasteiger partial charge in [-0.25, -0.2) is 4.79 Å². The number of rotatable bonds is 3. The molecule has 3 atom stereocenters. The predicted molar refractivity (Wildman–Crippen MR) is 138 cm³/mol. The van der Waals surface area contributed by atoms with Crippen LogP contribution in [0, 0.1) is 5.92 Å². The average Bonchev–Trinajstić information content (AvgIpc) is 3.28. The van der Waals surface area contributed by atoms with Crippen LogP contribution in [0.3, 0.4) is 0 Å². The van der Waals surface area contributed by atoms with Gasteiger partial charge in [0.2, 0.25) is 0 Å². The number of benzene rings is 3. The van der Waals surface area contributed by atoms with Crippen LogP contribution in [0.5, 0.6) is 0 Å². The molecular weight excluding hydrogens is 538 g/mol. The van der Waals surface area contributed by atoms with Crippen LogP contribution in [0.1, 0.15) is 35.2 Å². The van der Waals surface area contributed by atoms with Gasteiger partial charge < -0.3 is 15.0 Å². The number of anilines is 1. The smallest absolute Gasteiger partial charge is 0.410 e. The fourth-order valence-electron chi connectivity index (χ4n) is 4.88. The molecule has 2 aliphatic rings. The zero-order valence-corrected chi connectivity index (χ0v) is 21.5. The summed E-state index contributed by atoms with van der Waals surface area (Å²) in [5, 5.41) is 5.60. The van der Waals surface area contributed by atoms with Gasteiger partial charge >= 0.3 is 6.09 Å². The second-order valence-electron chi connectivity index (χ2n) is 8.37. The van der Waals surface area contributed by atoms with Gasteiger partial charge in [-0.2, -0.15) is 0 Å². The monoisotopic (exact) mass is 554 g/mol. The Bertz CT molecular complexity index is 1250. The third kappa shape index (κ3) is 4.31. The number of amides is 1. The Morgan fingerprint density at radius 1 is 0.941 bits per heavy atom. The second kappa shape index (κ2) is 9.67. The molecule has 176 valence electrons. The predicted octanol–water partition coefficient (Wildman–Crippen LogP) is 8.82. The van der Waals surface area contributed by atoms with Gasteiger partial charge in [-0.05, 0) is 35.7 Å². The van der Waals surface area contributed by atoms with E-state index in [0.29, 0.717) is 42.9 Å². The molecule has 1 amide bonds. The van der Waals surface area contributed by atoms with Gasteiger partial charge in [-0.1, -0.05) is 94.4 Å². The second-order valence-corrected chi connectivity index (χ2v) is 10.4.